The first-order valence-electron chi connectivity index (χ1n) is 5.17. The van der Waals surface area contributed by atoms with Crippen LogP contribution in [0.4, 0.5) is 0 Å². The third-order valence-corrected chi connectivity index (χ3v) is 3.03. The van der Waals surface area contributed by atoms with Gasteiger partial charge in [-0.1, -0.05) is 36.5 Å². The second-order valence-electron chi connectivity index (χ2n) is 4.32. The molecule has 0 radical (unpaired) electrons. The molecule has 1 atom stereocenters. The molecule has 0 aliphatic heterocycles. The SMILES string of the molecule is CCCC(C)(N)Cc1cc(Cl)ccc1Cl. The Labute approximate surface area is 102 Å². The number of hydrogen-bond acceptors (Lipinski definition) is 1. The summed E-state index contributed by atoms with van der Waals surface area (Å²) in [6.07, 6.45) is 2.82. The Balaban J connectivity index is 2.83. The Morgan fingerprint density at radius 1 is 1.33 bits per heavy atom. The van der Waals surface area contributed by atoms with E-state index in [1.807, 2.05) is 19.1 Å². The summed E-state index contributed by atoms with van der Waals surface area (Å²) in [5.41, 5.74) is 7.00. The Bertz CT molecular complexity index is 334. The average Bonchev–Trinajstić information content (AvgIpc) is 2.10. The molecule has 0 bridgehead atoms. The first-order chi connectivity index (χ1) is 6.94. The topological polar surface area (TPSA) is 26.0 Å². The lowest BCUT2D eigenvalue weighted by atomic mass is 9.89. The van der Waals surface area contributed by atoms with Crippen LogP contribution in [0.25, 0.3) is 0 Å². The maximum atomic E-state index is 6.18. The molecule has 0 saturated carbocycles. The second kappa shape index (κ2) is 5.20. The molecule has 0 fully saturated rings. The third kappa shape index (κ3) is 4.02. The minimum absolute atomic E-state index is 0.205. The molecule has 1 aromatic carbocycles. The van der Waals surface area contributed by atoms with Crippen LogP contribution in [0.2, 0.25) is 10.0 Å². The van der Waals surface area contributed by atoms with Crippen molar-refractivity contribution in [2.75, 3.05) is 0 Å². The molecule has 1 unspecified atom stereocenters. The molecule has 2 N–H and O–H groups in total. The molecule has 15 heavy (non-hydrogen) atoms. The molecule has 1 rings (SSSR count). The summed E-state index contributed by atoms with van der Waals surface area (Å²) in [5.74, 6) is 0. The number of benzene rings is 1. The van der Waals surface area contributed by atoms with Crippen LogP contribution in [-0.4, -0.2) is 5.54 Å². The van der Waals surface area contributed by atoms with Crippen molar-refractivity contribution in [3.05, 3.63) is 33.8 Å². The monoisotopic (exact) mass is 245 g/mol. The smallest absolute Gasteiger partial charge is 0.0439 e. The van der Waals surface area contributed by atoms with Crippen molar-refractivity contribution in [1.82, 2.24) is 0 Å². The summed E-state index contributed by atoms with van der Waals surface area (Å²) < 4.78 is 0. The van der Waals surface area contributed by atoms with E-state index in [4.69, 9.17) is 28.9 Å². The molecule has 0 amide bonds. The van der Waals surface area contributed by atoms with Crippen LogP contribution in [-0.2, 0) is 6.42 Å². The molecule has 0 aliphatic rings. The van der Waals surface area contributed by atoms with Crippen molar-refractivity contribution >= 4 is 23.2 Å². The van der Waals surface area contributed by atoms with Gasteiger partial charge in [0.25, 0.3) is 0 Å². The van der Waals surface area contributed by atoms with Gasteiger partial charge in [-0.3, -0.25) is 0 Å². The second-order valence-corrected chi connectivity index (χ2v) is 5.16. The summed E-state index contributed by atoms with van der Waals surface area (Å²) in [6.45, 7) is 4.18. The largest absolute Gasteiger partial charge is 0.325 e. The highest BCUT2D eigenvalue weighted by molar-refractivity contribution is 6.33. The fourth-order valence-electron chi connectivity index (χ4n) is 1.77. The van der Waals surface area contributed by atoms with Crippen LogP contribution in [0.1, 0.15) is 32.3 Å². The van der Waals surface area contributed by atoms with Gasteiger partial charge in [0.2, 0.25) is 0 Å². The quantitative estimate of drug-likeness (QED) is 0.851. The van der Waals surface area contributed by atoms with Gasteiger partial charge < -0.3 is 5.73 Å². The highest BCUT2D eigenvalue weighted by Gasteiger charge is 2.19. The van der Waals surface area contributed by atoms with Gasteiger partial charge in [0.1, 0.15) is 0 Å². The van der Waals surface area contributed by atoms with Crippen LogP contribution in [0.3, 0.4) is 0 Å². The summed E-state index contributed by atoms with van der Waals surface area (Å²) >= 11 is 12.0. The van der Waals surface area contributed by atoms with E-state index in [0.717, 1.165) is 29.8 Å². The van der Waals surface area contributed by atoms with Crippen molar-refractivity contribution in [2.24, 2.45) is 5.73 Å². The molecule has 84 valence electrons. The first kappa shape index (κ1) is 12.8. The molecule has 0 spiro atoms. The predicted octanol–water partition coefficient (Wildman–Crippen LogP) is 4.05. The van der Waals surface area contributed by atoms with Crippen molar-refractivity contribution < 1.29 is 0 Å². The van der Waals surface area contributed by atoms with Crippen molar-refractivity contribution in [3.63, 3.8) is 0 Å². The van der Waals surface area contributed by atoms with E-state index >= 15 is 0 Å². The van der Waals surface area contributed by atoms with Crippen LogP contribution in [0.5, 0.6) is 0 Å². The van der Waals surface area contributed by atoms with E-state index in [0.29, 0.717) is 5.02 Å². The van der Waals surface area contributed by atoms with Crippen molar-refractivity contribution in [2.45, 2.75) is 38.6 Å². The zero-order valence-electron chi connectivity index (χ0n) is 9.19. The van der Waals surface area contributed by atoms with Crippen molar-refractivity contribution in [3.8, 4) is 0 Å². The molecule has 1 aromatic rings. The fourth-order valence-corrected chi connectivity index (χ4v) is 2.15. The molecule has 3 heteroatoms. The lowest BCUT2D eigenvalue weighted by Crippen LogP contribution is -2.38. The number of rotatable bonds is 4. The zero-order valence-corrected chi connectivity index (χ0v) is 10.7. The number of halogens is 2. The molecule has 0 aromatic heterocycles. The van der Waals surface area contributed by atoms with Gasteiger partial charge in [0.05, 0.1) is 0 Å². The maximum absolute atomic E-state index is 6.18. The number of hydrogen-bond donors (Lipinski definition) is 1. The molecule has 0 saturated heterocycles. The van der Waals surface area contributed by atoms with Gasteiger partial charge in [-0.2, -0.15) is 0 Å². The van der Waals surface area contributed by atoms with E-state index in [2.05, 4.69) is 6.92 Å². The van der Waals surface area contributed by atoms with Crippen LogP contribution < -0.4 is 5.73 Å². The van der Waals surface area contributed by atoms with E-state index in [1.54, 1.807) is 6.07 Å². The maximum Gasteiger partial charge on any atom is 0.0439 e. The summed E-state index contributed by atoms with van der Waals surface area (Å²) in [5, 5.41) is 1.45. The van der Waals surface area contributed by atoms with Gasteiger partial charge in [0.15, 0.2) is 0 Å². The predicted molar refractivity (Wildman–Crippen MR) is 67.7 cm³/mol. The highest BCUT2D eigenvalue weighted by Crippen LogP contribution is 2.25. The van der Waals surface area contributed by atoms with E-state index < -0.39 is 0 Å². The van der Waals surface area contributed by atoms with Crippen LogP contribution in [0.15, 0.2) is 18.2 Å². The van der Waals surface area contributed by atoms with E-state index in [1.165, 1.54) is 0 Å². The van der Waals surface area contributed by atoms with Gasteiger partial charge in [-0.05, 0) is 43.5 Å². The van der Waals surface area contributed by atoms with E-state index in [-0.39, 0.29) is 5.54 Å². The molecule has 0 aliphatic carbocycles. The van der Waals surface area contributed by atoms with Gasteiger partial charge in [-0.25, -0.2) is 0 Å². The normalized spacial score (nSPS) is 15.0. The minimum atomic E-state index is -0.205. The summed E-state index contributed by atoms with van der Waals surface area (Å²) in [7, 11) is 0. The van der Waals surface area contributed by atoms with Crippen LogP contribution >= 0.6 is 23.2 Å². The average molecular weight is 246 g/mol. The molecule has 1 nitrogen and oxygen atoms in total. The van der Waals surface area contributed by atoms with Crippen molar-refractivity contribution in [1.29, 1.82) is 0 Å². The summed E-state index contributed by atoms with van der Waals surface area (Å²) in [6, 6.07) is 5.51. The van der Waals surface area contributed by atoms with Gasteiger partial charge in [0, 0.05) is 15.6 Å². The lowest BCUT2D eigenvalue weighted by molar-refractivity contribution is 0.425. The zero-order chi connectivity index (χ0) is 11.5. The Morgan fingerprint density at radius 3 is 2.60 bits per heavy atom. The van der Waals surface area contributed by atoms with Crippen LogP contribution in [0, 0.1) is 0 Å². The van der Waals surface area contributed by atoms with E-state index in [9.17, 15) is 0 Å². The molecular formula is C12H17Cl2N. The standard InChI is InChI=1S/C12H17Cl2N/c1-3-6-12(2,15)8-9-7-10(13)4-5-11(9)14/h4-5,7H,3,6,8,15H2,1-2H3. The molecular weight excluding hydrogens is 229 g/mol. The number of nitrogens with two attached hydrogens (primary N) is 1. The molecule has 0 heterocycles. The Morgan fingerprint density at radius 2 is 2.00 bits per heavy atom. The Kier molecular flexibility index (Phi) is 4.45. The van der Waals surface area contributed by atoms with Gasteiger partial charge in [-0.15, -0.1) is 0 Å². The first-order valence-corrected chi connectivity index (χ1v) is 5.93. The highest BCUT2D eigenvalue weighted by atomic mass is 35.5. The third-order valence-electron chi connectivity index (χ3n) is 2.42. The minimum Gasteiger partial charge on any atom is -0.325 e. The fraction of sp³-hybridized carbons (Fsp3) is 0.500. The Hall–Kier alpha value is -0.240. The van der Waals surface area contributed by atoms with Gasteiger partial charge >= 0.3 is 0 Å². The summed E-state index contributed by atoms with van der Waals surface area (Å²) in [4.78, 5) is 0. The lowest BCUT2D eigenvalue weighted by Gasteiger charge is -2.24.